The largest absolute Gasteiger partial charge is 0.465 e. The summed E-state index contributed by atoms with van der Waals surface area (Å²) in [6, 6.07) is 3.64. The lowest BCUT2D eigenvalue weighted by Crippen LogP contribution is -2.41. The molecule has 1 aliphatic rings. The van der Waals surface area contributed by atoms with Gasteiger partial charge in [-0.3, -0.25) is 5.32 Å². The number of anilines is 2. The number of hydrogen-bond donors (Lipinski definition) is 2. The van der Waals surface area contributed by atoms with Gasteiger partial charge in [0.15, 0.2) is 8.32 Å². The van der Waals surface area contributed by atoms with Crippen molar-refractivity contribution < 1.29 is 14.3 Å². The van der Waals surface area contributed by atoms with E-state index in [0.717, 1.165) is 44.8 Å². The molecule has 1 fully saturated rings. The summed E-state index contributed by atoms with van der Waals surface area (Å²) in [4.78, 5) is 17.3. The monoisotopic (exact) mass is 379 g/mol. The third-order valence-corrected chi connectivity index (χ3v) is 10.3. The first-order valence-electron chi connectivity index (χ1n) is 9.43. The smallest absolute Gasteiger partial charge is 0.409 e. The van der Waals surface area contributed by atoms with Crippen LogP contribution in [0.5, 0.6) is 0 Å². The molecule has 2 N–H and O–H groups in total. The highest BCUT2D eigenvalue weighted by atomic mass is 28.4. The molecule has 1 saturated heterocycles. The number of carbonyl (C=O) groups is 1. The predicted octanol–water partition coefficient (Wildman–Crippen LogP) is 4.80. The standard InChI is InChI=1S/C19H33N3O3Si/c1-19(2,3)26(4,5)25-13-10-15-8-11-22(12-9-15)17-7-6-16(14-20-17)21-18(23)24/h6-7,14-15,21H,8-13H2,1-5H3,(H,23,24). The highest BCUT2D eigenvalue weighted by Gasteiger charge is 2.37. The van der Waals surface area contributed by atoms with E-state index in [9.17, 15) is 4.79 Å². The molecule has 1 amide bonds. The SMILES string of the molecule is CC(C)(C)[Si](C)(C)OCCC1CCN(c2ccc(NC(=O)O)cn2)CC1. The molecule has 1 aromatic heterocycles. The fourth-order valence-corrected chi connectivity index (χ4v) is 3.98. The first-order chi connectivity index (χ1) is 12.1. The summed E-state index contributed by atoms with van der Waals surface area (Å²) in [5, 5.41) is 11.3. The number of rotatable bonds is 6. The van der Waals surface area contributed by atoms with Gasteiger partial charge in [-0.15, -0.1) is 0 Å². The minimum absolute atomic E-state index is 0.268. The Morgan fingerprint density at radius 3 is 2.50 bits per heavy atom. The van der Waals surface area contributed by atoms with Crippen LogP contribution in [-0.2, 0) is 4.43 Å². The maximum Gasteiger partial charge on any atom is 0.409 e. The molecule has 0 spiro atoms. The van der Waals surface area contributed by atoms with Crippen molar-refractivity contribution in [1.82, 2.24) is 4.98 Å². The van der Waals surface area contributed by atoms with Crippen molar-refractivity contribution in [3.05, 3.63) is 18.3 Å². The zero-order valence-corrected chi connectivity index (χ0v) is 17.7. The second-order valence-electron chi connectivity index (χ2n) is 8.66. The van der Waals surface area contributed by atoms with E-state index in [1.807, 2.05) is 6.07 Å². The van der Waals surface area contributed by atoms with Gasteiger partial charge in [0.1, 0.15) is 5.82 Å². The molecule has 0 atom stereocenters. The van der Waals surface area contributed by atoms with Crippen molar-refractivity contribution >= 4 is 25.9 Å². The van der Waals surface area contributed by atoms with Gasteiger partial charge < -0.3 is 14.4 Å². The van der Waals surface area contributed by atoms with Gasteiger partial charge in [0.05, 0.1) is 11.9 Å². The number of hydrogen-bond acceptors (Lipinski definition) is 4. The lowest BCUT2D eigenvalue weighted by Gasteiger charge is -2.37. The van der Waals surface area contributed by atoms with Crippen molar-refractivity contribution in [2.45, 2.75) is 58.2 Å². The Hall–Kier alpha value is -1.60. The molecular formula is C19H33N3O3Si. The van der Waals surface area contributed by atoms with E-state index in [1.165, 1.54) is 0 Å². The molecule has 0 unspecified atom stereocenters. The summed E-state index contributed by atoms with van der Waals surface area (Å²) in [6.07, 6.45) is 3.94. The quantitative estimate of drug-likeness (QED) is 0.695. The molecular weight excluding hydrogens is 346 g/mol. The summed E-state index contributed by atoms with van der Waals surface area (Å²) in [7, 11) is -1.64. The molecule has 7 heteroatoms. The van der Waals surface area contributed by atoms with E-state index in [0.29, 0.717) is 11.6 Å². The molecule has 0 aromatic carbocycles. The molecule has 1 aromatic rings. The van der Waals surface area contributed by atoms with Crippen LogP contribution in [0, 0.1) is 5.92 Å². The van der Waals surface area contributed by atoms with Gasteiger partial charge in [0.25, 0.3) is 0 Å². The second kappa shape index (κ2) is 8.39. The Bertz CT molecular complexity index is 591. The Balaban J connectivity index is 1.76. The number of nitrogens with one attached hydrogen (secondary N) is 1. The van der Waals surface area contributed by atoms with Crippen LogP contribution in [0.4, 0.5) is 16.3 Å². The molecule has 1 aliphatic heterocycles. The lowest BCUT2D eigenvalue weighted by molar-refractivity contribution is 0.209. The molecule has 2 rings (SSSR count). The normalized spacial score (nSPS) is 16.6. The molecule has 146 valence electrons. The van der Waals surface area contributed by atoms with Crippen LogP contribution in [0.15, 0.2) is 18.3 Å². The highest BCUT2D eigenvalue weighted by molar-refractivity contribution is 6.74. The van der Waals surface area contributed by atoms with E-state index in [4.69, 9.17) is 9.53 Å². The number of piperidine rings is 1. The fourth-order valence-electron chi connectivity index (χ4n) is 2.92. The molecule has 0 bridgehead atoms. The van der Waals surface area contributed by atoms with Crippen LogP contribution in [-0.4, -0.2) is 44.2 Å². The van der Waals surface area contributed by atoms with Crippen molar-refractivity contribution in [2.24, 2.45) is 5.92 Å². The van der Waals surface area contributed by atoms with Gasteiger partial charge in [-0.25, -0.2) is 9.78 Å². The third-order valence-electron chi connectivity index (χ3n) is 5.73. The molecule has 0 radical (unpaired) electrons. The van der Waals surface area contributed by atoms with Gasteiger partial charge in [-0.05, 0) is 55.4 Å². The Labute approximate surface area is 158 Å². The van der Waals surface area contributed by atoms with Gasteiger partial charge in [-0.1, -0.05) is 20.8 Å². The van der Waals surface area contributed by atoms with Gasteiger partial charge >= 0.3 is 6.09 Å². The summed E-state index contributed by atoms with van der Waals surface area (Å²) < 4.78 is 6.31. The van der Waals surface area contributed by atoms with Crippen molar-refractivity contribution in [1.29, 1.82) is 0 Å². The zero-order chi connectivity index (χ0) is 19.4. The van der Waals surface area contributed by atoms with Crippen LogP contribution in [0.3, 0.4) is 0 Å². The van der Waals surface area contributed by atoms with Gasteiger partial charge in [0.2, 0.25) is 0 Å². The van der Waals surface area contributed by atoms with Crippen LogP contribution < -0.4 is 10.2 Å². The molecule has 0 aliphatic carbocycles. The van der Waals surface area contributed by atoms with Crippen LogP contribution in [0.25, 0.3) is 0 Å². The summed E-state index contributed by atoms with van der Waals surface area (Å²) >= 11 is 0. The van der Waals surface area contributed by atoms with E-state index in [-0.39, 0.29) is 5.04 Å². The molecule has 0 saturated carbocycles. The molecule has 6 nitrogen and oxygen atoms in total. The summed E-state index contributed by atoms with van der Waals surface area (Å²) in [5.74, 6) is 1.63. The fraction of sp³-hybridized carbons (Fsp3) is 0.684. The maximum atomic E-state index is 10.6. The molecule has 2 heterocycles. The number of aromatic nitrogens is 1. The first kappa shape index (κ1) is 20.7. The number of amides is 1. The highest BCUT2D eigenvalue weighted by Crippen LogP contribution is 2.37. The molecule has 26 heavy (non-hydrogen) atoms. The van der Waals surface area contributed by atoms with Crippen LogP contribution in [0.2, 0.25) is 18.1 Å². The maximum absolute atomic E-state index is 10.6. The van der Waals surface area contributed by atoms with Crippen molar-refractivity contribution in [3.8, 4) is 0 Å². The van der Waals surface area contributed by atoms with Crippen LogP contribution in [0.1, 0.15) is 40.0 Å². The minimum atomic E-state index is -1.64. The van der Waals surface area contributed by atoms with Gasteiger partial charge in [0, 0.05) is 19.7 Å². The summed E-state index contributed by atoms with van der Waals surface area (Å²) in [5.41, 5.74) is 0.499. The average Bonchev–Trinajstić information content (AvgIpc) is 2.54. The first-order valence-corrected chi connectivity index (χ1v) is 12.3. The van der Waals surface area contributed by atoms with Crippen LogP contribution >= 0.6 is 0 Å². The zero-order valence-electron chi connectivity index (χ0n) is 16.7. The number of pyridine rings is 1. The van der Waals surface area contributed by atoms with Gasteiger partial charge in [-0.2, -0.15) is 0 Å². The third kappa shape index (κ3) is 5.70. The topological polar surface area (TPSA) is 74.7 Å². The van der Waals surface area contributed by atoms with E-state index < -0.39 is 14.4 Å². The number of nitrogens with zero attached hydrogens (tertiary/aromatic N) is 2. The van der Waals surface area contributed by atoms with E-state index in [1.54, 1.807) is 12.3 Å². The minimum Gasteiger partial charge on any atom is -0.465 e. The lowest BCUT2D eigenvalue weighted by atomic mass is 9.94. The Kier molecular flexibility index (Phi) is 6.68. The van der Waals surface area contributed by atoms with E-state index in [2.05, 4.69) is 49.1 Å². The summed E-state index contributed by atoms with van der Waals surface area (Å²) in [6.45, 7) is 14.3. The second-order valence-corrected chi connectivity index (χ2v) is 13.5. The predicted molar refractivity (Wildman–Crippen MR) is 109 cm³/mol. The number of carboxylic acid groups (broad SMARTS) is 1. The van der Waals surface area contributed by atoms with Crippen molar-refractivity contribution in [3.63, 3.8) is 0 Å². The Morgan fingerprint density at radius 2 is 2.00 bits per heavy atom. The Morgan fingerprint density at radius 1 is 1.35 bits per heavy atom. The van der Waals surface area contributed by atoms with E-state index >= 15 is 0 Å². The van der Waals surface area contributed by atoms with Crippen molar-refractivity contribution in [2.75, 3.05) is 29.9 Å². The average molecular weight is 380 g/mol.